The lowest BCUT2D eigenvalue weighted by molar-refractivity contribution is -0.123. The Kier molecular flexibility index (Phi) is 5.40. The summed E-state index contributed by atoms with van der Waals surface area (Å²) < 4.78 is 5.39. The van der Waals surface area contributed by atoms with Gasteiger partial charge in [0.1, 0.15) is 10.8 Å². The second-order valence-electron chi connectivity index (χ2n) is 4.89. The zero-order valence-corrected chi connectivity index (χ0v) is 14.2. The third-order valence-corrected chi connectivity index (χ3v) is 4.23. The van der Waals surface area contributed by atoms with Crippen LogP contribution < -0.4 is 10.1 Å². The molecule has 0 saturated carbocycles. The van der Waals surface area contributed by atoms with Crippen LogP contribution in [0.2, 0.25) is 5.02 Å². The smallest absolute Gasteiger partial charge is 0.258 e. The molecule has 1 N–H and O–H groups in total. The van der Waals surface area contributed by atoms with E-state index < -0.39 is 0 Å². The Balaban J connectivity index is 1.48. The quantitative estimate of drug-likeness (QED) is 0.731. The average molecular weight is 360 g/mol. The van der Waals surface area contributed by atoms with Crippen LogP contribution in [0.15, 0.2) is 54.2 Å². The van der Waals surface area contributed by atoms with Crippen LogP contribution in [-0.2, 0) is 11.3 Å². The van der Waals surface area contributed by atoms with Crippen LogP contribution in [0, 0.1) is 0 Å². The summed E-state index contributed by atoms with van der Waals surface area (Å²) >= 11 is 7.29. The number of pyridine rings is 1. The molecule has 0 unspecified atom stereocenters. The number of benzene rings is 1. The topological polar surface area (TPSA) is 64.1 Å². The molecule has 2 aromatic heterocycles. The summed E-state index contributed by atoms with van der Waals surface area (Å²) in [5.74, 6) is 0.394. The number of rotatable bonds is 6. The van der Waals surface area contributed by atoms with Crippen molar-refractivity contribution in [3.05, 3.63) is 64.2 Å². The van der Waals surface area contributed by atoms with Crippen molar-refractivity contribution in [1.82, 2.24) is 15.3 Å². The number of ether oxygens (including phenoxy) is 1. The first-order valence-corrected chi connectivity index (χ1v) is 8.46. The Morgan fingerprint density at radius 2 is 2.08 bits per heavy atom. The van der Waals surface area contributed by atoms with Gasteiger partial charge in [0.2, 0.25) is 0 Å². The van der Waals surface area contributed by atoms with Gasteiger partial charge in [-0.2, -0.15) is 0 Å². The fourth-order valence-corrected chi connectivity index (χ4v) is 2.81. The maximum atomic E-state index is 11.8. The Hall–Kier alpha value is -2.44. The highest BCUT2D eigenvalue weighted by atomic mass is 35.5. The lowest BCUT2D eigenvalue weighted by atomic mass is 10.2. The molecule has 1 amide bonds. The number of carbonyl (C=O) groups excluding carboxylic acids is 1. The van der Waals surface area contributed by atoms with E-state index in [0.29, 0.717) is 17.3 Å². The molecular formula is C17H14ClN3O2S. The van der Waals surface area contributed by atoms with E-state index in [9.17, 15) is 4.79 Å². The molecule has 3 rings (SSSR count). The van der Waals surface area contributed by atoms with Crippen LogP contribution in [-0.4, -0.2) is 22.5 Å². The zero-order chi connectivity index (χ0) is 16.8. The van der Waals surface area contributed by atoms with Crippen molar-refractivity contribution in [1.29, 1.82) is 0 Å². The number of carbonyl (C=O) groups is 1. The predicted molar refractivity (Wildman–Crippen MR) is 94.1 cm³/mol. The summed E-state index contributed by atoms with van der Waals surface area (Å²) in [5.41, 5.74) is 1.81. The van der Waals surface area contributed by atoms with Crippen molar-refractivity contribution >= 4 is 28.8 Å². The molecule has 0 spiro atoms. The Bertz CT molecular complexity index is 806. The lowest BCUT2D eigenvalue weighted by Crippen LogP contribution is -2.28. The highest BCUT2D eigenvalue weighted by Crippen LogP contribution is 2.20. The summed E-state index contributed by atoms with van der Waals surface area (Å²) in [4.78, 5) is 20.4. The molecule has 5 nitrogen and oxygen atoms in total. The number of halogens is 1. The van der Waals surface area contributed by atoms with Gasteiger partial charge in [-0.25, -0.2) is 4.98 Å². The van der Waals surface area contributed by atoms with E-state index in [0.717, 1.165) is 16.3 Å². The minimum atomic E-state index is -0.205. The fourth-order valence-electron chi connectivity index (χ4n) is 1.94. The van der Waals surface area contributed by atoms with Crippen molar-refractivity contribution in [3.63, 3.8) is 0 Å². The van der Waals surface area contributed by atoms with Crippen LogP contribution in [0.5, 0.6) is 5.75 Å². The molecule has 7 heteroatoms. The number of amides is 1. The van der Waals surface area contributed by atoms with Crippen molar-refractivity contribution < 1.29 is 9.53 Å². The molecule has 2 heterocycles. The van der Waals surface area contributed by atoms with Crippen LogP contribution >= 0.6 is 22.9 Å². The van der Waals surface area contributed by atoms with E-state index in [4.69, 9.17) is 16.3 Å². The Morgan fingerprint density at radius 1 is 1.25 bits per heavy atom. The maximum absolute atomic E-state index is 11.8. The molecule has 1 aromatic carbocycles. The number of hydrogen-bond donors (Lipinski definition) is 1. The number of aromatic nitrogens is 2. The molecule has 0 aliphatic rings. The molecule has 0 fully saturated rings. The third kappa shape index (κ3) is 4.53. The monoisotopic (exact) mass is 359 g/mol. The predicted octanol–water partition coefficient (Wildman–Crippen LogP) is 3.55. The second kappa shape index (κ2) is 7.90. The van der Waals surface area contributed by atoms with E-state index in [1.807, 2.05) is 17.5 Å². The van der Waals surface area contributed by atoms with E-state index in [1.54, 1.807) is 36.7 Å². The van der Waals surface area contributed by atoms with E-state index in [1.165, 1.54) is 11.3 Å². The molecule has 0 saturated heterocycles. The zero-order valence-electron chi connectivity index (χ0n) is 12.6. The van der Waals surface area contributed by atoms with Crippen LogP contribution in [0.4, 0.5) is 0 Å². The van der Waals surface area contributed by atoms with Gasteiger partial charge in [0.15, 0.2) is 6.61 Å². The summed E-state index contributed by atoms with van der Waals surface area (Å²) in [6, 6.07) is 10.7. The second-order valence-corrected chi connectivity index (χ2v) is 6.27. The summed E-state index contributed by atoms with van der Waals surface area (Å²) in [7, 11) is 0. The van der Waals surface area contributed by atoms with Gasteiger partial charge in [-0.15, -0.1) is 11.3 Å². The number of nitrogens with zero attached hydrogens (tertiary/aromatic N) is 2. The van der Waals surface area contributed by atoms with Gasteiger partial charge in [0.05, 0.1) is 12.2 Å². The first kappa shape index (κ1) is 16.4. The van der Waals surface area contributed by atoms with Crippen molar-refractivity contribution in [3.8, 4) is 17.0 Å². The number of thiazole rings is 1. The van der Waals surface area contributed by atoms with Gasteiger partial charge in [0, 0.05) is 28.4 Å². The van der Waals surface area contributed by atoms with E-state index >= 15 is 0 Å². The van der Waals surface area contributed by atoms with Gasteiger partial charge in [0.25, 0.3) is 5.91 Å². The molecular weight excluding hydrogens is 346 g/mol. The van der Waals surface area contributed by atoms with Crippen LogP contribution in [0.1, 0.15) is 5.01 Å². The van der Waals surface area contributed by atoms with Crippen molar-refractivity contribution in [2.45, 2.75) is 6.54 Å². The van der Waals surface area contributed by atoms with Crippen molar-refractivity contribution in [2.24, 2.45) is 0 Å². The molecule has 122 valence electrons. The van der Waals surface area contributed by atoms with E-state index in [-0.39, 0.29) is 12.5 Å². The number of hydrogen-bond acceptors (Lipinski definition) is 5. The summed E-state index contributed by atoms with van der Waals surface area (Å²) in [6.45, 7) is 0.316. The first-order valence-electron chi connectivity index (χ1n) is 7.20. The van der Waals surface area contributed by atoms with Crippen molar-refractivity contribution in [2.75, 3.05) is 6.61 Å². The van der Waals surface area contributed by atoms with Gasteiger partial charge >= 0.3 is 0 Å². The molecule has 0 radical (unpaired) electrons. The first-order chi connectivity index (χ1) is 11.7. The minimum Gasteiger partial charge on any atom is -0.484 e. The van der Waals surface area contributed by atoms with Gasteiger partial charge in [-0.3, -0.25) is 9.78 Å². The molecule has 0 aliphatic carbocycles. The summed E-state index contributed by atoms with van der Waals surface area (Å²) in [5, 5.41) is 6.19. The largest absolute Gasteiger partial charge is 0.484 e. The molecule has 0 aliphatic heterocycles. The maximum Gasteiger partial charge on any atom is 0.258 e. The number of nitrogens with one attached hydrogen (secondary N) is 1. The highest BCUT2D eigenvalue weighted by Gasteiger charge is 2.07. The Labute approximate surface area is 148 Å². The molecule has 3 aromatic rings. The highest BCUT2D eigenvalue weighted by molar-refractivity contribution is 7.09. The van der Waals surface area contributed by atoms with E-state index in [2.05, 4.69) is 15.3 Å². The standard InChI is InChI=1S/C17H14ClN3O2S/c18-13-3-5-14(6-4-13)23-10-16(22)20-9-17-21-15(11-24-17)12-2-1-7-19-8-12/h1-8,11H,9-10H2,(H,20,22). The van der Waals surface area contributed by atoms with Gasteiger partial charge in [-0.1, -0.05) is 11.6 Å². The molecule has 24 heavy (non-hydrogen) atoms. The van der Waals surface area contributed by atoms with Gasteiger partial charge in [-0.05, 0) is 36.4 Å². The lowest BCUT2D eigenvalue weighted by Gasteiger charge is -2.06. The SMILES string of the molecule is O=C(COc1ccc(Cl)cc1)NCc1nc(-c2cccnc2)cs1. The Morgan fingerprint density at radius 3 is 2.83 bits per heavy atom. The molecule has 0 bridgehead atoms. The minimum absolute atomic E-state index is 0.0531. The normalized spacial score (nSPS) is 10.4. The van der Waals surface area contributed by atoms with Crippen LogP contribution in [0.25, 0.3) is 11.3 Å². The van der Waals surface area contributed by atoms with Crippen LogP contribution in [0.3, 0.4) is 0 Å². The molecule has 0 atom stereocenters. The third-order valence-electron chi connectivity index (χ3n) is 3.13. The average Bonchev–Trinajstić information content (AvgIpc) is 3.09. The fraction of sp³-hybridized carbons (Fsp3) is 0.118. The summed E-state index contributed by atoms with van der Waals surface area (Å²) in [6.07, 6.45) is 3.48. The van der Waals surface area contributed by atoms with Gasteiger partial charge < -0.3 is 10.1 Å².